The van der Waals surface area contributed by atoms with Gasteiger partial charge in [-0.05, 0) is 32.0 Å². The number of hydrogen-bond donors (Lipinski definition) is 2. The fourth-order valence-electron chi connectivity index (χ4n) is 3.88. The minimum Gasteiger partial charge on any atom is -0.494 e. The van der Waals surface area contributed by atoms with Gasteiger partial charge in [0.25, 0.3) is 0 Å². The molecular weight excluding hydrogens is 426 g/mol. The summed E-state index contributed by atoms with van der Waals surface area (Å²) in [5.41, 5.74) is 2.13. The highest BCUT2D eigenvalue weighted by Crippen LogP contribution is 2.38. The summed E-state index contributed by atoms with van der Waals surface area (Å²) in [6.07, 6.45) is 0. The maximum atomic E-state index is 13.0. The van der Waals surface area contributed by atoms with Gasteiger partial charge in [0.15, 0.2) is 5.78 Å². The molecule has 0 unspecified atom stereocenters. The van der Waals surface area contributed by atoms with Gasteiger partial charge in [0.05, 0.1) is 23.9 Å². The standard InChI is InChI=1S/C24H23N3O6/c1-3-32-19-10-5-4-9-17(19)22-21-18(13-33-23(21)30)27(24(31)26-22)12-20(29)25-16-8-6-7-15(11-16)14(2)28/h4-11,22H,3,12-13H2,1-2H3,(H,25,29)(H,26,31)/t22-/m0/s1. The molecule has 3 amide bonds. The molecule has 0 aromatic heterocycles. The summed E-state index contributed by atoms with van der Waals surface area (Å²) in [6.45, 7) is 3.26. The molecule has 2 aliphatic rings. The topological polar surface area (TPSA) is 114 Å². The molecule has 0 saturated heterocycles. The Balaban J connectivity index is 1.60. The second kappa shape index (κ2) is 9.15. The summed E-state index contributed by atoms with van der Waals surface area (Å²) in [7, 11) is 0. The zero-order valence-corrected chi connectivity index (χ0v) is 18.2. The van der Waals surface area contributed by atoms with E-state index in [0.29, 0.717) is 34.9 Å². The van der Waals surface area contributed by atoms with Crippen LogP contribution >= 0.6 is 0 Å². The van der Waals surface area contributed by atoms with Crippen LogP contribution in [0.1, 0.15) is 35.8 Å². The second-order valence-electron chi connectivity index (χ2n) is 7.56. The van der Waals surface area contributed by atoms with Gasteiger partial charge >= 0.3 is 12.0 Å². The van der Waals surface area contributed by atoms with Crippen LogP contribution in [0.4, 0.5) is 10.5 Å². The van der Waals surface area contributed by atoms with E-state index in [1.807, 2.05) is 6.92 Å². The lowest BCUT2D eigenvalue weighted by atomic mass is 9.95. The van der Waals surface area contributed by atoms with Gasteiger partial charge in [0.2, 0.25) is 5.91 Å². The van der Waals surface area contributed by atoms with Crippen LogP contribution in [0.3, 0.4) is 0 Å². The van der Waals surface area contributed by atoms with E-state index < -0.39 is 23.9 Å². The number of hydrogen-bond acceptors (Lipinski definition) is 6. The molecular formula is C24H23N3O6. The molecule has 33 heavy (non-hydrogen) atoms. The van der Waals surface area contributed by atoms with Crippen LogP contribution in [0, 0.1) is 0 Å². The van der Waals surface area contributed by atoms with Gasteiger partial charge < -0.3 is 20.1 Å². The quantitative estimate of drug-likeness (QED) is 0.496. The van der Waals surface area contributed by atoms with Crippen LogP contribution in [-0.2, 0) is 14.3 Å². The number of urea groups is 1. The van der Waals surface area contributed by atoms with Crippen molar-refractivity contribution < 1.29 is 28.7 Å². The maximum Gasteiger partial charge on any atom is 0.338 e. The fourth-order valence-corrected chi connectivity index (χ4v) is 3.88. The number of ketones is 1. The normalized spacial score (nSPS) is 17.3. The molecule has 9 heteroatoms. The number of amides is 3. The number of ether oxygens (including phenoxy) is 2. The van der Waals surface area contributed by atoms with Crippen molar-refractivity contribution in [2.24, 2.45) is 0 Å². The summed E-state index contributed by atoms with van der Waals surface area (Å²) < 4.78 is 10.9. The smallest absolute Gasteiger partial charge is 0.338 e. The van der Waals surface area contributed by atoms with Crippen molar-refractivity contribution in [1.29, 1.82) is 0 Å². The van der Waals surface area contributed by atoms with Gasteiger partial charge in [-0.2, -0.15) is 0 Å². The minimum absolute atomic E-state index is 0.109. The number of carbonyl (C=O) groups is 4. The van der Waals surface area contributed by atoms with Gasteiger partial charge in [-0.1, -0.05) is 30.3 Å². The Bertz CT molecular complexity index is 1170. The lowest BCUT2D eigenvalue weighted by Gasteiger charge is -2.33. The minimum atomic E-state index is -0.753. The number of anilines is 1. The number of rotatable bonds is 7. The number of nitrogens with zero attached hydrogens (tertiary/aromatic N) is 1. The first kappa shape index (κ1) is 22.1. The summed E-state index contributed by atoms with van der Waals surface area (Å²) in [5, 5.41) is 5.48. The van der Waals surface area contributed by atoms with Crippen LogP contribution in [-0.4, -0.2) is 48.3 Å². The summed E-state index contributed by atoms with van der Waals surface area (Å²) in [5.74, 6) is -0.615. The van der Waals surface area contributed by atoms with Crippen molar-refractivity contribution in [2.45, 2.75) is 19.9 Å². The highest BCUT2D eigenvalue weighted by molar-refractivity contribution is 6.01. The number of nitrogens with one attached hydrogen (secondary N) is 2. The lowest BCUT2D eigenvalue weighted by molar-refractivity contribution is -0.136. The Hall–Kier alpha value is -4.14. The summed E-state index contributed by atoms with van der Waals surface area (Å²) in [4.78, 5) is 51.0. The van der Waals surface area contributed by atoms with Crippen LogP contribution in [0.2, 0.25) is 0 Å². The average Bonchev–Trinajstić information content (AvgIpc) is 3.18. The molecule has 0 bridgehead atoms. The largest absolute Gasteiger partial charge is 0.494 e. The molecule has 1 atom stereocenters. The summed E-state index contributed by atoms with van der Waals surface area (Å²) >= 11 is 0. The predicted octanol–water partition coefficient (Wildman–Crippen LogP) is 2.80. The molecule has 2 aromatic rings. The van der Waals surface area contributed by atoms with E-state index in [9.17, 15) is 19.2 Å². The number of cyclic esters (lactones) is 1. The monoisotopic (exact) mass is 449 g/mol. The molecule has 2 N–H and O–H groups in total. The number of carbonyl (C=O) groups excluding carboxylic acids is 4. The van der Waals surface area contributed by atoms with Crippen molar-refractivity contribution in [3.63, 3.8) is 0 Å². The third-order valence-electron chi connectivity index (χ3n) is 5.38. The van der Waals surface area contributed by atoms with Gasteiger partial charge in [-0.25, -0.2) is 9.59 Å². The van der Waals surface area contributed by atoms with E-state index in [4.69, 9.17) is 9.47 Å². The molecule has 2 aromatic carbocycles. The van der Waals surface area contributed by atoms with Crippen molar-refractivity contribution in [2.75, 3.05) is 25.1 Å². The predicted molar refractivity (Wildman–Crippen MR) is 119 cm³/mol. The first-order chi connectivity index (χ1) is 15.9. The van der Waals surface area contributed by atoms with Crippen LogP contribution in [0.15, 0.2) is 59.8 Å². The summed E-state index contributed by atoms with van der Waals surface area (Å²) in [6, 6.07) is 12.4. The third-order valence-corrected chi connectivity index (χ3v) is 5.38. The zero-order valence-electron chi connectivity index (χ0n) is 18.2. The molecule has 2 heterocycles. The number of para-hydroxylation sites is 1. The maximum absolute atomic E-state index is 13.0. The first-order valence-corrected chi connectivity index (χ1v) is 10.5. The van der Waals surface area contributed by atoms with E-state index in [0.717, 1.165) is 0 Å². The van der Waals surface area contributed by atoms with E-state index in [1.54, 1.807) is 48.5 Å². The second-order valence-corrected chi connectivity index (χ2v) is 7.56. The molecule has 0 saturated carbocycles. The van der Waals surface area contributed by atoms with Gasteiger partial charge in [-0.15, -0.1) is 0 Å². The SMILES string of the molecule is CCOc1ccccc1[C@@H]1NC(=O)N(CC(=O)Nc2cccc(C(C)=O)c2)C2=C1C(=O)OC2. The molecule has 0 spiro atoms. The molecule has 2 aliphatic heterocycles. The first-order valence-electron chi connectivity index (χ1n) is 10.5. The van der Waals surface area contributed by atoms with Gasteiger partial charge in [0.1, 0.15) is 18.9 Å². The third kappa shape index (κ3) is 4.43. The van der Waals surface area contributed by atoms with Crippen molar-refractivity contribution in [3.8, 4) is 5.75 Å². The Morgan fingerprint density at radius 3 is 2.73 bits per heavy atom. The van der Waals surface area contributed by atoms with E-state index in [-0.39, 0.29) is 24.5 Å². The van der Waals surface area contributed by atoms with Crippen LogP contribution in [0.25, 0.3) is 0 Å². The fraction of sp³-hybridized carbons (Fsp3) is 0.250. The van der Waals surface area contributed by atoms with E-state index in [1.165, 1.54) is 11.8 Å². The Morgan fingerprint density at radius 1 is 1.18 bits per heavy atom. The average molecular weight is 449 g/mol. The van der Waals surface area contributed by atoms with E-state index >= 15 is 0 Å². The van der Waals surface area contributed by atoms with Gasteiger partial charge in [-0.3, -0.25) is 14.5 Å². The highest BCUT2D eigenvalue weighted by atomic mass is 16.5. The van der Waals surface area contributed by atoms with Crippen LogP contribution < -0.4 is 15.4 Å². The van der Waals surface area contributed by atoms with E-state index in [2.05, 4.69) is 10.6 Å². The zero-order chi connectivity index (χ0) is 23.5. The number of esters is 1. The van der Waals surface area contributed by atoms with Gasteiger partial charge in [0, 0.05) is 16.8 Å². The Labute approximate surface area is 190 Å². The van der Waals surface area contributed by atoms with Crippen molar-refractivity contribution in [1.82, 2.24) is 10.2 Å². The molecule has 0 radical (unpaired) electrons. The van der Waals surface area contributed by atoms with Crippen molar-refractivity contribution >= 4 is 29.4 Å². The molecule has 9 nitrogen and oxygen atoms in total. The Morgan fingerprint density at radius 2 is 1.97 bits per heavy atom. The van der Waals surface area contributed by atoms with Crippen LogP contribution in [0.5, 0.6) is 5.75 Å². The highest BCUT2D eigenvalue weighted by Gasteiger charge is 2.43. The lowest BCUT2D eigenvalue weighted by Crippen LogP contribution is -2.49. The number of Topliss-reactive ketones (excluding diaryl/α,β-unsaturated/α-hetero) is 1. The number of benzene rings is 2. The molecule has 170 valence electrons. The van der Waals surface area contributed by atoms with Crippen molar-refractivity contribution in [3.05, 3.63) is 70.9 Å². The Kier molecular flexibility index (Phi) is 6.12. The molecule has 4 rings (SSSR count). The molecule has 0 aliphatic carbocycles. The molecule has 0 fully saturated rings.